The van der Waals surface area contributed by atoms with Crippen molar-refractivity contribution in [2.45, 2.75) is 126 Å². The molecule has 4 fully saturated rings. The van der Waals surface area contributed by atoms with E-state index in [2.05, 4.69) is 121 Å². The first kappa shape index (κ1) is 32.2. The molecule has 4 bridgehead atoms. The SMILES string of the molecule is Cc1cc([S+](c2ccccc2)c2ccccc2)cc(C(C)(C)C)c1OC(C)(C)C(=O)OC1(C(C)(C)C)C2CC3CC(C2)CC1C3. The van der Waals surface area contributed by atoms with Crippen molar-refractivity contribution in [2.24, 2.45) is 29.1 Å². The largest absolute Gasteiger partial charge is 0.476 e. The lowest BCUT2D eigenvalue weighted by Gasteiger charge is -2.64. The minimum absolute atomic E-state index is 0.139. The molecule has 0 N–H and O–H groups in total. The van der Waals surface area contributed by atoms with Gasteiger partial charge >= 0.3 is 5.97 Å². The number of aryl methyl sites for hydroxylation is 1. The van der Waals surface area contributed by atoms with E-state index in [4.69, 9.17) is 9.47 Å². The van der Waals surface area contributed by atoms with Gasteiger partial charge in [-0.3, -0.25) is 0 Å². The van der Waals surface area contributed by atoms with Gasteiger partial charge in [-0.05, 0) is 100.0 Å². The second-order valence-electron chi connectivity index (χ2n) is 16.6. The van der Waals surface area contributed by atoms with Crippen LogP contribution < -0.4 is 4.74 Å². The first-order valence-corrected chi connectivity index (χ1v) is 18.2. The van der Waals surface area contributed by atoms with Crippen LogP contribution in [0.5, 0.6) is 5.75 Å². The minimum atomic E-state index is -1.14. The Morgan fingerprint density at radius 1 is 0.711 bits per heavy atom. The molecule has 0 spiro atoms. The van der Waals surface area contributed by atoms with Crippen molar-refractivity contribution in [2.75, 3.05) is 0 Å². The van der Waals surface area contributed by atoms with Gasteiger partial charge in [-0.25, -0.2) is 4.79 Å². The molecule has 7 rings (SSSR count). The number of carbonyl (C=O) groups excluding carboxylic acids is 1. The van der Waals surface area contributed by atoms with Gasteiger partial charge < -0.3 is 9.47 Å². The average molecular weight is 626 g/mol. The Hall–Kier alpha value is -2.72. The quantitative estimate of drug-likeness (QED) is 0.194. The molecule has 0 saturated heterocycles. The Labute approximate surface area is 274 Å². The van der Waals surface area contributed by atoms with E-state index in [1.807, 2.05) is 13.8 Å². The van der Waals surface area contributed by atoms with E-state index in [0.717, 1.165) is 28.7 Å². The number of carbonyl (C=O) groups is 1. The summed E-state index contributed by atoms with van der Waals surface area (Å²) in [4.78, 5) is 18.2. The molecule has 45 heavy (non-hydrogen) atoms. The zero-order chi connectivity index (χ0) is 32.4. The molecule has 0 heterocycles. The third-order valence-electron chi connectivity index (χ3n) is 10.9. The van der Waals surface area contributed by atoms with Crippen LogP contribution in [0.3, 0.4) is 0 Å². The molecule has 0 aromatic heterocycles. The monoisotopic (exact) mass is 625 g/mol. The smallest absolute Gasteiger partial charge is 0.350 e. The molecule has 4 heteroatoms. The second-order valence-corrected chi connectivity index (χ2v) is 18.7. The molecule has 0 atom stereocenters. The van der Waals surface area contributed by atoms with Crippen LogP contribution in [0.25, 0.3) is 0 Å². The van der Waals surface area contributed by atoms with Crippen molar-refractivity contribution in [1.29, 1.82) is 0 Å². The van der Waals surface area contributed by atoms with Gasteiger partial charge in [0.05, 0.1) is 10.9 Å². The zero-order valence-electron chi connectivity index (χ0n) is 28.9. The molecular weight excluding hydrogens is 573 g/mol. The van der Waals surface area contributed by atoms with Crippen molar-refractivity contribution in [3.63, 3.8) is 0 Å². The van der Waals surface area contributed by atoms with E-state index in [-0.39, 0.29) is 27.7 Å². The van der Waals surface area contributed by atoms with Crippen LogP contribution in [-0.4, -0.2) is 17.2 Å². The Morgan fingerprint density at radius 2 is 1.20 bits per heavy atom. The molecule has 240 valence electrons. The van der Waals surface area contributed by atoms with Gasteiger partial charge in [0.15, 0.2) is 20.3 Å². The minimum Gasteiger partial charge on any atom is -0.476 e. The number of hydrogen-bond acceptors (Lipinski definition) is 3. The Bertz CT molecular complexity index is 1460. The van der Waals surface area contributed by atoms with Crippen LogP contribution in [0.4, 0.5) is 0 Å². The van der Waals surface area contributed by atoms with Gasteiger partial charge in [-0.1, -0.05) is 77.9 Å². The highest BCUT2D eigenvalue weighted by Gasteiger charge is 2.65. The van der Waals surface area contributed by atoms with Gasteiger partial charge in [0.1, 0.15) is 11.4 Å². The summed E-state index contributed by atoms with van der Waals surface area (Å²) in [7, 11) is -0.280. The Balaban J connectivity index is 1.36. The normalized spacial score (nSPS) is 26.3. The Kier molecular flexibility index (Phi) is 8.24. The lowest BCUT2D eigenvalue weighted by atomic mass is 9.45. The predicted molar refractivity (Wildman–Crippen MR) is 185 cm³/mol. The van der Waals surface area contributed by atoms with Crippen LogP contribution in [0.2, 0.25) is 0 Å². The standard InChI is InChI=1S/C41H53O3S/c1-27-20-34(45(32-16-12-10-13-17-32)33-18-14-11-15-19-33)26-35(38(2,3)4)36(27)43-40(8,9)37(42)44-41(39(5,6)7)30-22-28-21-29(24-30)25-31(41)23-28/h10-20,26,28-31H,21-25H2,1-9H3/q+1. The molecule has 4 aliphatic carbocycles. The maximum Gasteiger partial charge on any atom is 0.350 e. The van der Waals surface area contributed by atoms with Crippen LogP contribution in [0, 0.1) is 36.0 Å². The average Bonchev–Trinajstić information content (AvgIpc) is 2.96. The molecule has 0 radical (unpaired) electrons. The van der Waals surface area contributed by atoms with E-state index in [9.17, 15) is 4.79 Å². The van der Waals surface area contributed by atoms with E-state index >= 15 is 0 Å². The summed E-state index contributed by atoms with van der Waals surface area (Å²) < 4.78 is 13.8. The van der Waals surface area contributed by atoms with Crippen LogP contribution in [0.1, 0.15) is 98.6 Å². The molecule has 3 aromatic carbocycles. The molecule has 0 aliphatic heterocycles. The fraction of sp³-hybridized carbons (Fsp3) is 0.537. The highest BCUT2D eigenvalue weighted by molar-refractivity contribution is 7.97. The van der Waals surface area contributed by atoms with Gasteiger partial charge in [0.25, 0.3) is 0 Å². The number of hydrogen-bond donors (Lipinski definition) is 0. The van der Waals surface area contributed by atoms with Crippen LogP contribution in [-0.2, 0) is 25.8 Å². The van der Waals surface area contributed by atoms with Crippen molar-refractivity contribution in [1.82, 2.24) is 0 Å². The zero-order valence-corrected chi connectivity index (χ0v) is 29.7. The molecule has 4 saturated carbocycles. The second kappa shape index (κ2) is 11.5. The summed E-state index contributed by atoms with van der Waals surface area (Å²) in [6.45, 7) is 19.5. The van der Waals surface area contributed by atoms with Gasteiger partial charge in [0, 0.05) is 34.9 Å². The maximum atomic E-state index is 14.4. The van der Waals surface area contributed by atoms with Gasteiger partial charge in [-0.2, -0.15) is 0 Å². The molecule has 3 nitrogen and oxygen atoms in total. The van der Waals surface area contributed by atoms with Gasteiger partial charge in [-0.15, -0.1) is 0 Å². The fourth-order valence-corrected chi connectivity index (χ4v) is 11.3. The lowest BCUT2D eigenvalue weighted by Crippen LogP contribution is -2.66. The maximum absolute atomic E-state index is 14.4. The Morgan fingerprint density at radius 3 is 1.64 bits per heavy atom. The molecular formula is C41H53O3S+. The summed E-state index contributed by atoms with van der Waals surface area (Å²) >= 11 is 0. The summed E-state index contributed by atoms with van der Waals surface area (Å²) in [6, 6.07) is 26.1. The highest BCUT2D eigenvalue weighted by atomic mass is 32.2. The van der Waals surface area contributed by atoms with E-state index in [1.165, 1.54) is 46.8 Å². The topological polar surface area (TPSA) is 35.5 Å². The highest BCUT2D eigenvalue weighted by Crippen LogP contribution is 2.64. The molecule has 4 aliphatic rings. The van der Waals surface area contributed by atoms with Crippen molar-refractivity contribution >= 4 is 16.9 Å². The summed E-state index contributed by atoms with van der Waals surface area (Å²) in [5.74, 6) is 3.05. The number of rotatable bonds is 7. The van der Waals surface area contributed by atoms with E-state index < -0.39 is 11.2 Å². The van der Waals surface area contributed by atoms with E-state index in [0.29, 0.717) is 11.8 Å². The van der Waals surface area contributed by atoms with Crippen molar-refractivity contribution in [3.8, 4) is 5.75 Å². The van der Waals surface area contributed by atoms with Crippen molar-refractivity contribution < 1.29 is 14.3 Å². The number of benzene rings is 3. The predicted octanol–water partition coefficient (Wildman–Crippen LogP) is 10.3. The van der Waals surface area contributed by atoms with Gasteiger partial charge in [0.2, 0.25) is 0 Å². The molecule has 0 unspecified atom stereocenters. The third-order valence-corrected chi connectivity index (χ3v) is 13.1. The summed E-state index contributed by atoms with van der Waals surface area (Å²) in [5.41, 5.74) is 0.238. The van der Waals surface area contributed by atoms with Crippen LogP contribution in [0.15, 0.2) is 87.5 Å². The van der Waals surface area contributed by atoms with Crippen molar-refractivity contribution in [3.05, 3.63) is 83.9 Å². The van der Waals surface area contributed by atoms with E-state index in [1.54, 1.807) is 0 Å². The first-order chi connectivity index (χ1) is 21.1. The summed E-state index contributed by atoms with van der Waals surface area (Å²) in [6.07, 6.45) is 6.14. The number of esters is 1. The fourth-order valence-electron chi connectivity index (χ4n) is 9.07. The summed E-state index contributed by atoms with van der Waals surface area (Å²) in [5, 5.41) is 0. The van der Waals surface area contributed by atoms with Crippen LogP contribution >= 0.6 is 0 Å². The first-order valence-electron chi connectivity index (χ1n) is 17.0. The lowest BCUT2D eigenvalue weighted by molar-refractivity contribution is -0.252. The third kappa shape index (κ3) is 5.86. The number of ether oxygens (including phenoxy) is 2. The molecule has 3 aromatic rings. The molecule has 0 amide bonds.